The molecule has 0 saturated heterocycles. The minimum atomic E-state index is 0.403. The van der Waals surface area contributed by atoms with E-state index in [0.717, 1.165) is 24.6 Å². The Hall–Kier alpha value is -0.960. The summed E-state index contributed by atoms with van der Waals surface area (Å²) in [5.74, 6) is 1.34. The van der Waals surface area contributed by atoms with Gasteiger partial charge in [-0.3, -0.25) is 0 Å². The molecule has 0 aromatic carbocycles. The minimum absolute atomic E-state index is 0.403. The third-order valence-electron chi connectivity index (χ3n) is 2.26. The van der Waals surface area contributed by atoms with E-state index < -0.39 is 0 Å². The van der Waals surface area contributed by atoms with Crippen molar-refractivity contribution in [1.29, 1.82) is 0 Å². The molecule has 0 unspecified atom stereocenters. The summed E-state index contributed by atoms with van der Waals surface area (Å²) in [7, 11) is 0. The largest absolute Gasteiger partial charge is 0.311 e. The molecule has 1 heterocycles. The van der Waals surface area contributed by atoms with E-state index >= 15 is 0 Å². The molecular formula is C12H21N3. The molecule has 0 aliphatic rings. The van der Waals surface area contributed by atoms with E-state index in [1.54, 1.807) is 0 Å². The summed E-state index contributed by atoms with van der Waals surface area (Å²) in [4.78, 5) is 8.74. The first-order valence-electron chi connectivity index (χ1n) is 5.76. The predicted molar refractivity (Wildman–Crippen MR) is 62.7 cm³/mol. The van der Waals surface area contributed by atoms with E-state index in [1.165, 1.54) is 12.8 Å². The summed E-state index contributed by atoms with van der Waals surface area (Å²) in [5.41, 5.74) is 1.09. The molecule has 0 spiro atoms. The van der Waals surface area contributed by atoms with Crippen LogP contribution in [0.3, 0.4) is 0 Å². The van der Waals surface area contributed by atoms with Gasteiger partial charge in [0, 0.05) is 18.7 Å². The molecule has 1 N–H and O–H groups in total. The van der Waals surface area contributed by atoms with Gasteiger partial charge < -0.3 is 5.32 Å². The van der Waals surface area contributed by atoms with Crippen molar-refractivity contribution in [3.63, 3.8) is 0 Å². The number of hydrogen-bond acceptors (Lipinski definition) is 3. The lowest BCUT2D eigenvalue weighted by Crippen LogP contribution is -2.16. The van der Waals surface area contributed by atoms with E-state index in [2.05, 4.69) is 36.1 Å². The number of rotatable bonds is 6. The van der Waals surface area contributed by atoms with Gasteiger partial charge in [0.1, 0.15) is 5.82 Å². The molecule has 0 aliphatic heterocycles. The highest BCUT2D eigenvalue weighted by Gasteiger charge is 2.02. The molecule has 0 bridgehead atoms. The van der Waals surface area contributed by atoms with Crippen LogP contribution in [0, 0.1) is 0 Å². The Morgan fingerprint density at radius 1 is 1.40 bits per heavy atom. The first kappa shape index (κ1) is 12.1. The van der Waals surface area contributed by atoms with Crippen LogP contribution in [0.5, 0.6) is 0 Å². The van der Waals surface area contributed by atoms with Crippen LogP contribution in [-0.2, 0) is 6.54 Å². The summed E-state index contributed by atoms with van der Waals surface area (Å²) in [6.45, 7) is 8.34. The minimum Gasteiger partial charge on any atom is -0.311 e. The molecule has 0 saturated carbocycles. The molecule has 0 amide bonds. The van der Waals surface area contributed by atoms with Crippen LogP contribution in [0.4, 0.5) is 0 Å². The van der Waals surface area contributed by atoms with Gasteiger partial charge in [-0.1, -0.05) is 27.2 Å². The molecule has 84 valence electrons. The van der Waals surface area contributed by atoms with E-state index in [1.807, 2.05) is 12.3 Å². The lowest BCUT2D eigenvalue weighted by Gasteiger charge is -2.06. The Balaban J connectivity index is 2.43. The van der Waals surface area contributed by atoms with Crippen LogP contribution < -0.4 is 5.32 Å². The second kappa shape index (κ2) is 6.51. The first-order chi connectivity index (χ1) is 7.24. The molecule has 1 aromatic rings. The zero-order valence-corrected chi connectivity index (χ0v) is 9.95. The highest BCUT2D eigenvalue weighted by molar-refractivity contribution is 5.04. The first-order valence-corrected chi connectivity index (χ1v) is 5.76. The zero-order chi connectivity index (χ0) is 11.1. The molecule has 1 rings (SSSR count). The number of nitrogens with one attached hydrogen (secondary N) is 1. The fourth-order valence-corrected chi connectivity index (χ4v) is 1.31. The summed E-state index contributed by atoms with van der Waals surface area (Å²) < 4.78 is 0. The van der Waals surface area contributed by atoms with Crippen LogP contribution in [0.1, 0.15) is 51.0 Å². The Labute approximate surface area is 92.3 Å². The van der Waals surface area contributed by atoms with Crippen molar-refractivity contribution >= 4 is 0 Å². The van der Waals surface area contributed by atoms with Gasteiger partial charge in [0.05, 0.1) is 5.69 Å². The maximum atomic E-state index is 4.50. The normalized spacial score (nSPS) is 10.9. The standard InChI is InChI=1S/C12H21N3/c1-4-5-7-13-9-11-6-8-14-12(15-11)10(2)3/h6,8,10,13H,4-5,7,9H2,1-3H3. The van der Waals surface area contributed by atoms with Crippen LogP contribution in [0.25, 0.3) is 0 Å². The van der Waals surface area contributed by atoms with E-state index in [9.17, 15) is 0 Å². The molecule has 0 atom stereocenters. The lowest BCUT2D eigenvalue weighted by molar-refractivity contribution is 0.626. The zero-order valence-electron chi connectivity index (χ0n) is 9.95. The summed E-state index contributed by atoms with van der Waals surface area (Å²) >= 11 is 0. The highest BCUT2D eigenvalue weighted by Crippen LogP contribution is 2.07. The van der Waals surface area contributed by atoms with Gasteiger partial charge in [-0.2, -0.15) is 0 Å². The van der Waals surface area contributed by atoms with Crippen LogP contribution in [0.2, 0.25) is 0 Å². The number of nitrogens with zero attached hydrogens (tertiary/aromatic N) is 2. The van der Waals surface area contributed by atoms with Crippen LogP contribution in [-0.4, -0.2) is 16.5 Å². The predicted octanol–water partition coefficient (Wildman–Crippen LogP) is 2.49. The summed E-state index contributed by atoms with van der Waals surface area (Å²) in [5, 5.41) is 3.38. The van der Waals surface area contributed by atoms with Gasteiger partial charge in [0.15, 0.2) is 0 Å². The SMILES string of the molecule is CCCCNCc1ccnc(C(C)C)n1. The van der Waals surface area contributed by atoms with E-state index in [-0.39, 0.29) is 0 Å². The average Bonchev–Trinajstić information content (AvgIpc) is 2.25. The maximum absolute atomic E-state index is 4.50. The Bertz CT molecular complexity index is 284. The van der Waals surface area contributed by atoms with Gasteiger partial charge in [0.2, 0.25) is 0 Å². The van der Waals surface area contributed by atoms with Crippen molar-refractivity contribution in [2.75, 3.05) is 6.54 Å². The second-order valence-electron chi connectivity index (χ2n) is 4.09. The fourth-order valence-electron chi connectivity index (χ4n) is 1.31. The van der Waals surface area contributed by atoms with Gasteiger partial charge in [0.25, 0.3) is 0 Å². The highest BCUT2D eigenvalue weighted by atomic mass is 14.9. The van der Waals surface area contributed by atoms with Crippen molar-refractivity contribution < 1.29 is 0 Å². The molecule has 0 fully saturated rings. The van der Waals surface area contributed by atoms with Crippen molar-refractivity contribution in [3.8, 4) is 0 Å². The molecule has 0 aliphatic carbocycles. The number of unbranched alkanes of at least 4 members (excludes halogenated alkanes) is 1. The monoisotopic (exact) mass is 207 g/mol. The number of hydrogen-bond donors (Lipinski definition) is 1. The molecule has 1 aromatic heterocycles. The van der Waals surface area contributed by atoms with Crippen molar-refractivity contribution in [2.24, 2.45) is 0 Å². The van der Waals surface area contributed by atoms with Crippen LogP contribution >= 0.6 is 0 Å². The molecular weight excluding hydrogens is 186 g/mol. The van der Waals surface area contributed by atoms with Crippen LogP contribution in [0.15, 0.2) is 12.3 Å². The van der Waals surface area contributed by atoms with Crippen molar-refractivity contribution in [2.45, 2.75) is 46.1 Å². The second-order valence-corrected chi connectivity index (χ2v) is 4.09. The quantitative estimate of drug-likeness (QED) is 0.728. The van der Waals surface area contributed by atoms with Crippen molar-refractivity contribution in [1.82, 2.24) is 15.3 Å². The maximum Gasteiger partial charge on any atom is 0.131 e. The molecule has 15 heavy (non-hydrogen) atoms. The van der Waals surface area contributed by atoms with Crippen molar-refractivity contribution in [3.05, 3.63) is 23.8 Å². The number of aromatic nitrogens is 2. The average molecular weight is 207 g/mol. The Kier molecular flexibility index (Phi) is 5.26. The lowest BCUT2D eigenvalue weighted by atomic mass is 10.2. The molecule has 0 radical (unpaired) electrons. The third-order valence-corrected chi connectivity index (χ3v) is 2.26. The van der Waals surface area contributed by atoms with Gasteiger partial charge in [-0.05, 0) is 19.0 Å². The smallest absolute Gasteiger partial charge is 0.131 e. The van der Waals surface area contributed by atoms with E-state index in [4.69, 9.17) is 0 Å². The summed E-state index contributed by atoms with van der Waals surface area (Å²) in [6.07, 6.45) is 4.30. The summed E-state index contributed by atoms with van der Waals surface area (Å²) in [6, 6.07) is 1.98. The van der Waals surface area contributed by atoms with E-state index in [0.29, 0.717) is 5.92 Å². The third kappa shape index (κ3) is 4.38. The molecule has 3 heteroatoms. The fraction of sp³-hybridized carbons (Fsp3) is 0.667. The topological polar surface area (TPSA) is 37.8 Å². The Morgan fingerprint density at radius 3 is 2.87 bits per heavy atom. The van der Waals surface area contributed by atoms with Gasteiger partial charge in [-0.15, -0.1) is 0 Å². The molecule has 3 nitrogen and oxygen atoms in total. The van der Waals surface area contributed by atoms with Gasteiger partial charge in [-0.25, -0.2) is 9.97 Å². The van der Waals surface area contributed by atoms with Gasteiger partial charge >= 0.3 is 0 Å². The Morgan fingerprint density at radius 2 is 2.20 bits per heavy atom.